The summed E-state index contributed by atoms with van der Waals surface area (Å²) < 4.78 is 10.6. The van der Waals surface area contributed by atoms with Crippen molar-refractivity contribution >= 4 is 11.8 Å². The number of nitrogens with zero attached hydrogens (tertiary/aromatic N) is 1. The molecule has 1 aromatic rings. The second-order valence-corrected chi connectivity index (χ2v) is 6.51. The summed E-state index contributed by atoms with van der Waals surface area (Å²) in [7, 11) is 3.13. The molecule has 1 aliphatic rings. The second-order valence-electron chi connectivity index (χ2n) is 6.51. The fourth-order valence-electron chi connectivity index (χ4n) is 3.30. The van der Waals surface area contributed by atoms with Crippen LogP contribution in [0.5, 0.6) is 11.5 Å². The van der Waals surface area contributed by atoms with Crippen molar-refractivity contribution in [3.63, 3.8) is 0 Å². The van der Waals surface area contributed by atoms with Crippen LogP contribution in [0.3, 0.4) is 0 Å². The van der Waals surface area contributed by atoms with E-state index in [1.165, 1.54) is 0 Å². The molecule has 0 aromatic heterocycles. The molecular weight excluding hydrogens is 334 g/mol. The van der Waals surface area contributed by atoms with Gasteiger partial charge < -0.3 is 25.4 Å². The molecule has 0 saturated carbocycles. The first-order chi connectivity index (χ1) is 12.5. The SMILES string of the molecule is COc1cc(C)c(C(=O)N2CCCCC2CNC(=O)CCN)cc1OC. The highest BCUT2D eigenvalue weighted by Gasteiger charge is 2.29. The van der Waals surface area contributed by atoms with Crippen LogP contribution in [-0.2, 0) is 4.79 Å². The third kappa shape index (κ3) is 4.66. The van der Waals surface area contributed by atoms with E-state index in [-0.39, 0.29) is 17.9 Å². The quantitative estimate of drug-likeness (QED) is 0.765. The lowest BCUT2D eigenvalue weighted by molar-refractivity contribution is -0.121. The molecule has 2 amide bonds. The summed E-state index contributed by atoms with van der Waals surface area (Å²) in [5.74, 6) is 1.02. The molecule has 1 heterocycles. The van der Waals surface area contributed by atoms with Crippen LogP contribution in [0.4, 0.5) is 0 Å². The normalized spacial score (nSPS) is 16.9. The average Bonchev–Trinajstić information content (AvgIpc) is 2.66. The number of aryl methyl sites for hydroxylation is 1. The number of rotatable bonds is 7. The fraction of sp³-hybridized carbons (Fsp3) is 0.579. The summed E-state index contributed by atoms with van der Waals surface area (Å²) in [6.07, 6.45) is 3.19. The lowest BCUT2D eigenvalue weighted by Gasteiger charge is -2.36. The van der Waals surface area contributed by atoms with Gasteiger partial charge in [0.05, 0.1) is 14.2 Å². The van der Waals surface area contributed by atoms with E-state index in [0.717, 1.165) is 24.8 Å². The van der Waals surface area contributed by atoms with Crippen molar-refractivity contribution in [3.8, 4) is 11.5 Å². The van der Waals surface area contributed by atoms with Crippen molar-refractivity contribution in [3.05, 3.63) is 23.3 Å². The van der Waals surface area contributed by atoms with Gasteiger partial charge in [0.15, 0.2) is 11.5 Å². The van der Waals surface area contributed by atoms with E-state index in [1.807, 2.05) is 17.9 Å². The molecule has 1 saturated heterocycles. The highest BCUT2D eigenvalue weighted by atomic mass is 16.5. The molecule has 1 aromatic carbocycles. The number of methoxy groups -OCH3 is 2. The highest BCUT2D eigenvalue weighted by molar-refractivity contribution is 5.96. The molecular formula is C19H29N3O4. The molecule has 0 aliphatic carbocycles. The molecule has 26 heavy (non-hydrogen) atoms. The number of benzene rings is 1. The van der Waals surface area contributed by atoms with Gasteiger partial charge in [0.2, 0.25) is 5.91 Å². The third-order valence-corrected chi connectivity index (χ3v) is 4.76. The van der Waals surface area contributed by atoms with Crippen LogP contribution in [0.15, 0.2) is 12.1 Å². The van der Waals surface area contributed by atoms with Crippen molar-refractivity contribution in [2.24, 2.45) is 5.73 Å². The first kappa shape index (κ1) is 20.0. The van der Waals surface area contributed by atoms with Crippen LogP contribution in [0, 0.1) is 6.92 Å². The predicted molar refractivity (Wildman–Crippen MR) is 99.6 cm³/mol. The number of piperidine rings is 1. The van der Waals surface area contributed by atoms with E-state index in [9.17, 15) is 9.59 Å². The molecule has 1 unspecified atom stereocenters. The lowest BCUT2D eigenvalue weighted by atomic mass is 9.99. The van der Waals surface area contributed by atoms with Gasteiger partial charge in [-0.2, -0.15) is 0 Å². The third-order valence-electron chi connectivity index (χ3n) is 4.76. The monoisotopic (exact) mass is 363 g/mol. The summed E-state index contributed by atoms with van der Waals surface area (Å²) in [5, 5.41) is 2.89. The number of ether oxygens (including phenoxy) is 2. The summed E-state index contributed by atoms with van der Waals surface area (Å²) in [5.41, 5.74) is 6.85. The average molecular weight is 363 g/mol. The summed E-state index contributed by atoms with van der Waals surface area (Å²) in [6, 6.07) is 3.54. The number of amides is 2. The van der Waals surface area contributed by atoms with Gasteiger partial charge in [0.25, 0.3) is 5.91 Å². The molecule has 7 heteroatoms. The van der Waals surface area contributed by atoms with Crippen molar-refractivity contribution in [2.45, 2.75) is 38.6 Å². The van der Waals surface area contributed by atoms with Crippen LogP contribution in [0.25, 0.3) is 0 Å². The summed E-state index contributed by atoms with van der Waals surface area (Å²) >= 11 is 0. The summed E-state index contributed by atoms with van der Waals surface area (Å²) in [6.45, 7) is 3.35. The first-order valence-corrected chi connectivity index (χ1v) is 9.02. The molecule has 1 fully saturated rings. The van der Waals surface area contributed by atoms with Crippen LogP contribution in [0.2, 0.25) is 0 Å². The van der Waals surface area contributed by atoms with Gasteiger partial charge in [-0.05, 0) is 43.9 Å². The van der Waals surface area contributed by atoms with E-state index in [1.54, 1.807) is 20.3 Å². The van der Waals surface area contributed by atoms with Crippen molar-refractivity contribution in [1.29, 1.82) is 0 Å². The number of nitrogens with one attached hydrogen (secondary N) is 1. The number of hydrogen-bond acceptors (Lipinski definition) is 5. The zero-order chi connectivity index (χ0) is 19.1. The molecule has 0 radical (unpaired) electrons. The Hall–Kier alpha value is -2.28. The maximum atomic E-state index is 13.2. The fourth-order valence-corrected chi connectivity index (χ4v) is 3.30. The number of hydrogen-bond donors (Lipinski definition) is 2. The van der Waals surface area contributed by atoms with Crippen LogP contribution < -0.4 is 20.5 Å². The van der Waals surface area contributed by atoms with Gasteiger partial charge >= 0.3 is 0 Å². The van der Waals surface area contributed by atoms with Gasteiger partial charge in [0.1, 0.15) is 0 Å². The predicted octanol–water partition coefficient (Wildman–Crippen LogP) is 1.47. The zero-order valence-corrected chi connectivity index (χ0v) is 15.8. The van der Waals surface area contributed by atoms with E-state index in [0.29, 0.717) is 43.1 Å². The lowest BCUT2D eigenvalue weighted by Crippen LogP contribution is -2.49. The second kappa shape index (κ2) is 9.43. The Morgan fingerprint density at radius 3 is 2.58 bits per heavy atom. The maximum Gasteiger partial charge on any atom is 0.254 e. The number of nitrogens with two attached hydrogens (primary N) is 1. The molecule has 0 bridgehead atoms. The standard InChI is InChI=1S/C19H29N3O4/c1-13-10-16(25-2)17(26-3)11-15(13)19(24)22-9-5-4-6-14(22)12-21-18(23)7-8-20/h10-11,14H,4-9,12,20H2,1-3H3,(H,21,23). The Bertz CT molecular complexity index is 648. The Kier molecular flexibility index (Phi) is 7.26. The van der Waals surface area contributed by atoms with Gasteiger partial charge in [-0.1, -0.05) is 0 Å². The minimum atomic E-state index is -0.0761. The zero-order valence-electron chi connectivity index (χ0n) is 15.8. The van der Waals surface area contributed by atoms with Gasteiger partial charge in [-0.25, -0.2) is 0 Å². The van der Waals surface area contributed by atoms with Gasteiger partial charge in [0, 0.05) is 37.7 Å². The van der Waals surface area contributed by atoms with E-state index in [4.69, 9.17) is 15.2 Å². The molecule has 2 rings (SSSR count). The molecule has 0 spiro atoms. The van der Waals surface area contributed by atoms with Gasteiger partial charge in [-0.15, -0.1) is 0 Å². The number of likely N-dealkylation sites (tertiary alicyclic amines) is 1. The molecule has 1 aliphatic heterocycles. The van der Waals surface area contributed by atoms with Crippen molar-refractivity contribution in [1.82, 2.24) is 10.2 Å². The largest absolute Gasteiger partial charge is 0.493 e. The molecule has 144 valence electrons. The first-order valence-electron chi connectivity index (χ1n) is 9.02. The van der Waals surface area contributed by atoms with E-state index in [2.05, 4.69) is 5.32 Å². The number of carbonyl (C=O) groups is 2. The van der Waals surface area contributed by atoms with E-state index < -0.39 is 0 Å². The minimum Gasteiger partial charge on any atom is -0.493 e. The Morgan fingerprint density at radius 2 is 1.92 bits per heavy atom. The van der Waals surface area contributed by atoms with Crippen molar-refractivity contribution in [2.75, 3.05) is 33.9 Å². The smallest absolute Gasteiger partial charge is 0.254 e. The molecule has 1 atom stereocenters. The topological polar surface area (TPSA) is 93.9 Å². The maximum absolute atomic E-state index is 13.2. The van der Waals surface area contributed by atoms with E-state index >= 15 is 0 Å². The molecule has 7 nitrogen and oxygen atoms in total. The Balaban J connectivity index is 2.18. The number of carbonyl (C=O) groups excluding carboxylic acids is 2. The van der Waals surface area contributed by atoms with Crippen LogP contribution >= 0.6 is 0 Å². The van der Waals surface area contributed by atoms with Crippen LogP contribution in [-0.4, -0.2) is 56.6 Å². The highest BCUT2D eigenvalue weighted by Crippen LogP contribution is 2.31. The van der Waals surface area contributed by atoms with Crippen LogP contribution in [0.1, 0.15) is 41.6 Å². The summed E-state index contributed by atoms with van der Waals surface area (Å²) in [4.78, 5) is 26.7. The minimum absolute atomic E-state index is 0.00882. The van der Waals surface area contributed by atoms with Crippen molar-refractivity contribution < 1.29 is 19.1 Å². The van der Waals surface area contributed by atoms with Gasteiger partial charge in [-0.3, -0.25) is 9.59 Å². The Labute approximate surface area is 154 Å². The molecule has 3 N–H and O–H groups in total. The Morgan fingerprint density at radius 1 is 1.23 bits per heavy atom.